The summed E-state index contributed by atoms with van der Waals surface area (Å²) >= 11 is 2.08. The number of rotatable bonds is 1. The molecule has 0 aromatic heterocycles. The summed E-state index contributed by atoms with van der Waals surface area (Å²) in [6.45, 7) is 2.54. The Hall–Kier alpha value is 0.310. The van der Waals surface area contributed by atoms with Crippen molar-refractivity contribution < 1.29 is 0 Å². The lowest BCUT2D eigenvalue weighted by Crippen LogP contribution is -2.39. The molecule has 76 valence electrons. The van der Waals surface area contributed by atoms with Crippen molar-refractivity contribution in [1.29, 1.82) is 0 Å². The average molecular weight is 199 g/mol. The van der Waals surface area contributed by atoms with E-state index in [0.717, 1.165) is 10.7 Å². The topological polar surface area (TPSA) is 12.0 Å². The van der Waals surface area contributed by atoms with Crippen LogP contribution in [-0.4, -0.2) is 24.6 Å². The Morgan fingerprint density at radius 3 is 2.23 bits per heavy atom. The van der Waals surface area contributed by atoms with Gasteiger partial charge in [0.05, 0.1) is 0 Å². The van der Waals surface area contributed by atoms with Crippen LogP contribution in [0.5, 0.6) is 0 Å². The molecule has 1 heterocycles. The van der Waals surface area contributed by atoms with E-state index in [1.54, 1.807) is 0 Å². The van der Waals surface area contributed by atoms with Gasteiger partial charge in [0.2, 0.25) is 0 Å². The lowest BCUT2D eigenvalue weighted by molar-refractivity contribution is 0.136. The van der Waals surface area contributed by atoms with E-state index < -0.39 is 0 Å². The maximum Gasteiger partial charge on any atom is 0.00446 e. The van der Waals surface area contributed by atoms with Crippen LogP contribution in [-0.2, 0) is 0 Å². The van der Waals surface area contributed by atoms with Crippen molar-refractivity contribution in [3.05, 3.63) is 0 Å². The van der Waals surface area contributed by atoms with Gasteiger partial charge in [0, 0.05) is 5.25 Å². The number of nitrogens with one attached hydrogen (secondary N) is 1. The smallest absolute Gasteiger partial charge is 0.00446 e. The molecule has 2 heteroatoms. The molecule has 0 aromatic carbocycles. The molecule has 0 radical (unpaired) electrons. The quantitative estimate of drug-likeness (QED) is 0.697. The van der Waals surface area contributed by atoms with Crippen LogP contribution >= 0.6 is 11.8 Å². The zero-order valence-corrected chi connectivity index (χ0v) is 9.46. The van der Waals surface area contributed by atoms with Crippen LogP contribution in [0.2, 0.25) is 0 Å². The first-order valence-corrected chi connectivity index (χ1v) is 6.87. The van der Waals surface area contributed by atoms with Crippen molar-refractivity contribution in [3.63, 3.8) is 0 Å². The molecule has 2 rings (SSSR count). The number of thioether (sulfide) groups is 1. The first-order valence-electron chi connectivity index (χ1n) is 5.58. The van der Waals surface area contributed by atoms with E-state index >= 15 is 0 Å². The predicted molar refractivity (Wildman–Crippen MR) is 60.3 cm³/mol. The molecule has 1 saturated heterocycles. The fourth-order valence-electron chi connectivity index (χ4n) is 2.90. The second kappa shape index (κ2) is 4.22. The number of piperidine rings is 1. The average Bonchev–Trinajstić information content (AvgIpc) is 2.20. The highest BCUT2D eigenvalue weighted by Gasteiger charge is 2.35. The van der Waals surface area contributed by atoms with Crippen LogP contribution in [0.25, 0.3) is 0 Å². The minimum atomic E-state index is 0.761. The molecule has 1 nitrogen and oxygen atoms in total. The first-order chi connectivity index (χ1) is 6.35. The molecule has 1 saturated carbocycles. The standard InChI is InChI=1S/C11H21NS/c1-13-10-2-4-11(5-3-10)6-8-12-9-7-11/h10,12H,2-9H2,1H3. The molecule has 0 aromatic rings. The Labute approximate surface area is 86.0 Å². The normalized spacial score (nSPS) is 29.3. The molecule has 1 aliphatic heterocycles. The molecule has 2 aliphatic rings. The maximum absolute atomic E-state index is 3.48. The van der Waals surface area contributed by atoms with E-state index in [9.17, 15) is 0 Å². The van der Waals surface area contributed by atoms with Crippen LogP contribution in [0.15, 0.2) is 0 Å². The molecule has 1 spiro atoms. The molecule has 0 atom stereocenters. The maximum atomic E-state index is 3.48. The Kier molecular flexibility index (Phi) is 3.20. The minimum absolute atomic E-state index is 0.761. The predicted octanol–water partition coefficient (Wildman–Crippen LogP) is 2.66. The Bertz CT molecular complexity index is 153. The van der Waals surface area contributed by atoms with Gasteiger partial charge in [0.15, 0.2) is 0 Å². The highest BCUT2D eigenvalue weighted by atomic mass is 32.2. The van der Waals surface area contributed by atoms with Gasteiger partial charge >= 0.3 is 0 Å². The number of hydrogen-bond donors (Lipinski definition) is 1. The lowest BCUT2D eigenvalue weighted by atomic mass is 9.68. The van der Waals surface area contributed by atoms with Crippen molar-refractivity contribution in [2.45, 2.75) is 43.8 Å². The summed E-state index contributed by atoms with van der Waals surface area (Å²) < 4.78 is 0. The van der Waals surface area contributed by atoms with Crippen LogP contribution in [0, 0.1) is 5.41 Å². The van der Waals surface area contributed by atoms with E-state index in [4.69, 9.17) is 0 Å². The molecule has 0 bridgehead atoms. The van der Waals surface area contributed by atoms with Crippen molar-refractivity contribution in [3.8, 4) is 0 Å². The van der Waals surface area contributed by atoms with Crippen molar-refractivity contribution in [2.75, 3.05) is 19.3 Å². The second-order valence-corrected chi connectivity index (χ2v) is 5.82. The van der Waals surface area contributed by atoms with Crippen LogP contribution in [0.4, 0.5) is 0 Å². The van der Waals surface area contributed by atoms with E-state index in [0.29, 0.717) is 0 Å². The van der Waals surface area contributed by atoms with Gasteiger partial charge in [0.25, 0.3) is 0 Å². The number of hydrogen-bond acceptors (Lipinski definition) is 2. The second-order valence-electron chi connectivity index (χ2n) is 4.69. The molecule has 2 fully saturated rings. The summed E-state index contributed by atoms with van der Waals surface area (Å²) in [7, 11) is 0. The lowest BCUT2D eigenvalue weighted by Gasteiger charge is -2.42. The third-order valence-electron chi connectivity index (χ3n) is 3.99. The van der Waals surface area contributed by atoms with Gasteiger partial charge in [-0.2, -0.15) is 11.8 Å². The van der Waals surface area contributed by atoms with Gasteiger partial charge in [-0.25, -0.2) is 0 Å². The molecule has 1 N–H and O–H groups in total. The molecule has 1 aliphatic carbocycles. The van der Waals surface area contributed by atoms with Crippen molar-refractivity contribution >= 4 is 11.8 Å². The highest BCUT2D eigenvalue weighted by Crippen LogP contribution is 2.45. The van der Waals surface area contributed by atoms with Crippen molar-refractivity contribution in [1.82, 2.24) is 5.32 Å². The summed E-state index contributed by atoms with van der Waals surface area (Å²) in [4.78, 5) is 0. The van der Waals surface area contributed by atoms with Gasteiger partial charge in [-0.05, 0) is 63.3 Å². The molecule has 0 unspecified atom stereocenters. The van der Waals surface area contributed by atoms with E-state index in [2.05, 4.69) is 23.3 Å². The molecule has 0 amide bonds. The summed E-state index contributed by atoms with van der Waals surface area (Å²) in [6.07, 6.45) is 11.1. The fraction of sp³-hybridized carbons (Fsp3) is 1.00. The van der Waals surface area contributed by atoms with Gasteiger partial charge in [0.1, 0.15) is 0 Å². The summed E-state index contributed by atoms with van der Waals surface area (Å²) in [5, 5.41) is 4.45. The summed E-state index contributed by atoms with van der Waals surface area (Å²) in [5.74, 6) is 0. The van der Waals surface area contributed by atoms with Gasteiger partial charge in [-0.1, -0.05) is 0 Å². The van der Waals surface area contributed by atoms with E-state index in [1.165, 1.54) is 51.6 Å². The highest BCUT2D eigenvalue weighted by molar-refractivity contribution is 7.99. The molecular formula is C11H21NS. The Morgan fingerprint density at radius 1 is 1.08 bits per heavy atom. The van der Waals surface area contributed by atoms with Crippen LogP contribution < -0.4 is 5.32 Å². The SMILES string of the molecule is CSC1CCC2(CCNCC2)CC1. The zero-order valence-electron chi connectivity index (χ0n) is 8.64. The molecular weight excluding hydrogens is 178 g/mol. The summed E-state index contributed by atoms with van der Waals surface area (Å²) in [5.41, 5.74) is 0.761. The minimum Gasteiger partial charge on any atom is -0.317 e. The monoisotopic (exact) mass is 199 g/mol. The van der Waals surface area contributed by atoms with E-state index in [-0.39, 0.29) is 0 Å². The van der Waals surface area contributed by atoms with E-state index in [1.807, 2.05) is 0 Å². The third-order valence-corrected chi connectivity index (χ3v) is 5.13. The first kappa shape index (κ1) is 9.85. The fourth-order valence-corrected chi connectivity index (χ4v) is 3.60. The van der Waals surface area contributed by atoms with Crippen LogP contribution in [0.3, 0.4) is 0 Å². The van der Waals surface area contributed by atoms with Gasteiger partial charge in [-0.15, -0.1) is 0 Å². The third kappa shape index (κ3) is 2.21. The van der Waals surface area contributed by atoms with Gasteiger partial charge < -0.3 is 5.32 Å². The zero-order chi connectivity index (χ0) is 9.15. The Balaban J connectivity index is 1.87. The Morgan fingerprint density at radius 2 is 1.69 bits per heavy atom. The van der Waals surface area contributed by atoms with Gasteiger partial charge in [-0.3, -0.25) is 0 Å². The molecule has 13 heavy (non-hydrogen) atoms. The van der Waals surface area contributed by atoms with Crippen molar-refractivity contribution in [2.24, 2.45) is 5.41 Å². The summed E-state index contributed by atoms with van der Waals surface area (Å²) in [6, 6.07) is 0. The van der Waals surface area contributed by atoms with Crippen LogP contribution in [0.1, 0.15) is 38.5 Å². The largest absolute Gasteiger partial charge is 0.317 e.